The van der Waals surface area contributed by atoms with Gasteiger partial charge in [0, 0.05) is 28.9 Å². The molecule has 9 heteroatoms. The van der Waals surface area contributed by atoms with Crippen molar-refractivity contribution in [2.24, 2.45) is 10.9 Å². The summed E-state index contributed by atoms with van der Waals surface area (Å²) in [6.07, 6.45) is -0.0145. The molecule has 3 unspecified atom stereocenters. The number of amidine groups is 1. The quantitative estimate of drug-likeness (QED) is 0.761. The van der Waals surface area contributed by atoms with Crippen LogP contribution in [0.3, 0.4) is 0 Å². The largest absolute Gasteiger partial charge is 0.394 e. The summed E-state index contributed by atoms with van der Waals surface area (Å²) in [5, 5.41) is 21.8. The van der Waals surface area contributed by atoms with E-state index in [9.17, 15) is 23.9 Å². The van der Waals surface area contributed by atoms with Crippen LogP contribution in [-0.4, -0.2) is 41.3 Å². The van der Waals surface area contributed by atoms with E-state index >= 15 is 0 Å². The van der Waals surface area contributed by atoms with Gasteiger partial charge in [0.25, 0.3) is 5.91 Å². The minimum absolute atomic E-state index is 0.0404. The second-order valence-corrected chi connectivity index (χ2v) is 8.45. The fourth-order valence-electron chi connectivity index (χ4n) is 3.94. The van der Waals surface area contributed by atoms with Crippen LogP contribution in [0, 0.1) is 28.9 Å². The molecule has 4 rings (SSSR count). The van der Waals surface area contributed by atoms with Crippen LogP contribution in [0.15, 0.2) is 47.5 Å². The van der Waals surface area contributed by atoms with Crippen LogP contribution in [0.2, 0.25) is 0 Å². The standard InChI is InChI=1S/C22H19F2N3O3S/c23-18-8-19(24)17(6-14(18)9-25)22-12-30-16(10-28)7-15(22)11-31-21(27-22)26-20(29)13-4-2-1-3-5-13/h1-6,8,15-16,28H,7,10-12H2,(H,26,27,29). The average molecular weight is 443 g/mol. The third kappa shape index (κ3) is 4.06. The zero-order chi connectivity index (χ0) is 22.0. The predicted octanol–water partition coefficient (Wildman–Crippen LogP) is 2.96. The molecule has 0 radical (unpaired) electrons. The van der Waals surface area contributed by atoms with E-state index in [1.165, 1.54) is 11.8 Å². The zero-order valence-electron chi connectivity index (χ0n) is 16.3. The van der Waals surface area contributed by atoms with E-state index in [4.69, 9.17) is 4.74 Å². The van der Waals surface area contributed by atoms with Crippen LogP contribution in [0.25, 0.3) is 0 Å². The molecule has 2 aromatic rings. The van der Waals surface area contributed by atoms with Crippen LogP contribution < -0.4 is 5.32 Å². The van der Waals surface area contributed by atoms with Gasteiger partial charge < -0.3 is 15.2 Å². The number of nitrogens with zero attached hydrogens (tertiary/aromatic N) is 2. The molecule has 1 fully saturated rings. The highest BCUT2D eigenvalue weighted by Gasteiger charge is 2.50. The molecule has 2 aliphatic heterocycles. The van der Waals surface area contributed by atoms with E-state index in [0.717, 1.165) is 6.07 Å². The Morgan fingerprint density at radius 3 is 2.81 bits per heavy atom. The molecule has 0 aromatic heterocycles. The van der Waals surface area contributed by atoms with Crippen LogP contribution >= 0.6 is 11.8 Å². The summed E-state index contributed by atoms with van der Waals surface area (Å²) in [7, 11) is 0. The van der Waals surface area contributed by atoms with Gasteiger partial charge in [0.15, 0.2) is 5.17 Å². The number of aliphatic imine (C=N–C) groups is 1. The van der Waals surface area contributed by atoms with Crippen molar-refractivity contribution >= 4 is 22.8 Å². The van der Waals surface area contributed by atoms with Crippen molar-refractivity contribution in [1.82, 2.24) is 5.32 Å². The topological polar surface area (TPSA) is 94.7 Å². The first kappa shape index (κ1) is 21.4. The number of hydrogen-bond acceptors (Lipinski definition) is 6. The molecule has 2 aromatic carbocycles. The summed E-state index contributed by atoms with van der Waals surface area (Å²) in [6.45, 7) is -0.254. The molecule has 0 bridgehead atoms. The molecular weight excluding hydrogens is 424 g/mol. The summed E-state index contributed by atoms with van der Waals surface area (Å²) in [6, 6.07) is 12.2. The lowest BCUT2D eigenvalue weighted by molar-refractivity contribution is -0.0771. The van der Waals surface area contributed by atoms with E-state index in [1.807, 2.05) is 0 Å². The second kappa shape index (κ2) is 8.75. The number of amides is 1. The van der Waals surface area contributed by atoms with Crippen molar-refractivity contribution < 1.29 is 23.4 Å². The Morgan fingerprint density at radius 1 is 1.32 bits per heavy atom. The number of aliphatic hydroxyl groups excluding tert-OH is 1. The summed E-state index contributed by atoms with van der Waals surface area (Å²) < 4.78 is 34.6. The summed E-state index contributed by atoms with van der Waals surface area (Å²) in [4.78, 5) is 17.3. The van der Waals surface area contributed by atoms with Gasteiger partial charge in [-0.1, -0.05) is 30.0 Å². The molecule has 2 N–H and O–H groups in total. The Bertz CT molecular complexity index is 1070. The summed E-state index contributed by atoms with van der Waals surface area (Å²) in [5.41, 5.74) is -1.06. The lowest BCUT2D eigenvalue weighted by Crippen LogP contribution is -2.52. The minimum Gasteiger partial charge on any atom is -0.394 e. The first-order valence-corrected chi connectivity index (χ1v) is 10.7. The number of nitrogens with one attached hydrogen (secondary N) is 1. The van der Waals surface area contributed by atoms with E-state index in [-0.39, 0.29) is 36.2 Å². The lowest BCUT2D eigenvalue weighted by atomic mass is 9.74. The summed E-state index contributed by atoms with van der Waals surface area (Å²) in [5.74, 6) is -1.91. The minimum atomic E-state index is -1.25. The number of aliphatic hydroxyl groups is 1. The molecule has 0 spiro atoms. The predicted molar refractivity (Wildman–Crippen MR) is 111 cm³/mol. The van der Waals surface area contributed by atoms with E-state index < -0.39 is 23.3 Å². The molecule has 2 aliphatic rings. The van der Waals surface area contributed by atoms with Gasteiger partial charge in [-0.25, -0.2) is 13.8 Å². The molecule has 1 amide bonds. The van der Waals surface area contributed by atoms with Crippen molar-refractivity contribution in [3.63, 3.8) is 0 Å². The Hall–Kier alpha value is -2.80. The maximum Gasteiger partial charge on any atom is 0.257 e. The number of nitriles is 1. The molecule has 1 saturated heterocycles. The van der Waals surface area contributed by atoms with Gasteiger partial charge in [-0.3, -0.25) is 4.79 Å². The van der Waals surface area contributed by atoms with Crippen molar-refractivity contribution in [2.75, 3.05) is 19.0 Å². The number of halogens is 2. The molecule has 2 heterocycles. The highest BCUT2D eigenvalue weighted by atomic mass is 32.2. The number of ether oxygens (including phenoxy) is 1. The number of carbonyl (C=O) groups is 1. The second-order valence-electron chi connectivity index (χ2n) is 7.44. The van der Waals surface area contributed by atoms with Crippen molar-refractivity contribution in [1.29, 1.82) is 5.26 Å². The van der Waals surface area contributed by atoms with Crippen molar-refractivity contribution in [2.45, 2.75) is 18.1 Å². The van der Waals surface area contributed by atoms with E-state index in [2.05, 4.69) is 10.3 Å². The molecule has 0 saturated carbocycles. The Morgan fingerprint density at radius 2 is 2.10 bits per heavy atom. The Kier molecular flexibility index (Phi) is 6.05. The zero-order valence-corrected chi connectivity index (χ0v) is 17.2. The van der Waals surface area contributed by atoms with Gasteiger partial charge in [0.1, 0.15) is 23.2 Å². The first-order chi connectivity index (χ1) is 15.0. The Balaban J connectivity index is 1.76. The fourth-order valence-corrected chi connectivity index (χ4v) is 5.10. The molecular formula is C22H19F2N3O3S. The molecule has 3 atom stereocenters. The van der Waals surface area contributed by atoms with Gasteiger partial charge in [-0.05, 0) is 24.6 Å². The normalized spacial score (nSPS) is 25.2. The number of rotatable bonds is 3. The van der Waals surface area contributed by atoms with Gasteiger partial charge in [0.05, 0.1) is 24.9 Å². The van der Waals surface area contributed by atoms with E-state index in [0.29, 0.717) is 29.0 Å². The molecule has 160 valence electrons. The number of thioether (sulfide) groups is 1. The number of carbonyl (C=O) groups excluding carboxylic acids is 1. The fraction of sp³-hybridized carbons (Fsp3) is 0.318. The third-order valence-electron chi connectivity index (χ3n) is 5.59. The summed E-state index contributed by atoms with van der Waals surface area (Å²) >= 11 is 1.32. The average Bonchev–Trinajstić information content (AvgIpc) is 2.79. The number of fused-ring (bicyclic) bond motifs is 1. The smallest absolute Gasteiger partial charge is 0.257 e. The first-order valence-electron chi connectivity index (χ1n) is 9.68. The molecule has 6 nitrogen and oxygen atoms in total. The molecule has 31 heavy (non-hydrogen) atoms. The van der Waals surface area contributed by atoms with Crippen molar-refractivity contribution in [3.8, 4) is 6.07 Å². The maximum absolute atomic E-state index is 14.9. The SMILES string of the molecule is N#Cc1cc(C23COC(CO)CC2CSC(NC(=O)c2ccccc2)=N3)c(F)cc1F. The van der Waals surface area contributed by atoms with Crippen LogP contribution in [0.5, 0.6) is 0 Å². The Labute approximate surface area is 181 Å². The monoisotopic (exact) mass is 443 g/mol. The van der Waals surface area contributed by atoms with Gasteiger partial charge in [-0.15, -0.1) is 0 Å². The van der Waals surface area contributed by atoms with Crippen LogP contribution in [0.4, 0.5) is 8.78 Å². The van der Waals surface area contributed by atoms with Crippen LogP contribution in [0.1, 0.15) is 27.9 Å². The highest BCUT2D eigenvalue weighted by Crippen LogP contribution is 2.47. The highest BCUT2D eigenvalue weighted by molar-refractivity contribution is 8.13. The lowest BCUT2D eigenvalue weighted by Gasteiger charge is -2.46. The van der Waals surface area contributed by atoms with E-state index in [1.54, 1.807) is 36.4 Å². The van der Waals surface area contributed by atoms with Crippen LogP contribution in [-0.2, 0) is 10.3 Å². The van der Waals surface area contributed by atoms with Crippen molar-refractivity contribution in [3.05, 3.63) is 70.8 Å². The van der Waals surface area contributed by atoms with Gasteiger partial charge in [-0.2, -0.15) is 5.26 Å². The number of hydrogen-bond donors (Lipinski definition) is 2. The molecule has 0 aliphatic carbocycles. The van der Waals surface area contributed by atoms with Gasteiger partial charge in [0.2, 0.25) is 0 Å². The maximum atomic E-state index is 14.9. The number of benzene rings is 2. The van der Waals surface area contributed by atoms with Gasteiger partial charge >= 0.3 is 0 Å². The third-order valence-corrected chi connectivity index (χ3v) is 6.62.